The number of nitrogens with zero attached hydrogens (tertiary/aromatic N) is 3. The molecule has 0 N–H and O–H groups in total. The van der Waals surface area contributed by atoms with Crippen LogP contribution in [0.5, 0.6) is 0 Å². The predicted octanol–water partition coefficient (Wildman–Crippen LogP) is 4.87. The lowest BCUT2D eigenvalue weighted by molar-refractivity contribution is -0.149. The van der Waals surface area contributed by atoms with Gasteiger partial charge in [0.1, 0.15) is 0 Å². The summed E-state index contributed by atoms with van der Waals surface area (Å²) in [5, 5.41) is 6.60. The van der Waals surface area contributed by atoms with Crippen molar-refractivity contribution in [1.82, 2.24) is 9.91 Å². The minimum absolute atomic E-state index is 0.00400. The van der Waals surface area contributed by atoms with E-state index in [2.05, 4.69) is 69.0 Å². The average molecular weight is 476 g/mol. The van der Waals surface area contributed by atoms with Gasteiger partial charge in [0.05, 0.1) is 30.8 Å². The van der Waals surface area contributed by atoms with Crippen molar-refractivity contribution < 1.29 is 14.3 Å². The summed E-state index contributed by atoms with van der Waals surface area (Å²) >= 11 is 0. The van der Waals surface area contributed by atoms with Crippen molar-refractivity contribution in [3.05, 3.63) is 69.8 Å². The third-order valence-corrected chi connectivity index (χ3v) is 7.37. The maximum atomic E-state index is 13.6. The Hall–Kier alpha value is -2.99. The third-order valence-electron chi connectivity index (χ3n) is 7.37. The van der Waals surface area contributed by atoms with E-state index in [0.717, 1.165) is 29.7 Å². The molecular formula is C29H37N3O3. The number of esters is 1. The number of carbonyl (C=O) groups is 2. The summed E-state index contributed by atoms with van der Waals surface area (Å²) in [7, 11) is 0. The molecule has 2 aliphatic heterocycles. The van der Waals surface area contributed by atoms with Crippen LogP contribution in [0.2, 0.25) is 0 Å². The van der Waals surface area contributed by atoms with Crippen LogP contribution in [0.15, 0.2) is 41.5 Å². The van der Waals surface area contributed by atoms with Crippen LogP contribution in [0.4, 0.5) is 0 Å². The van der Waals surface area contributed by atoms with E-state index in [0.29, 0.717) is 32.7 Å². The minimum Gasteiger partial charge on any atom is -0.466 e. The molecule has 0 bridgehead atoms. The Morgan fingerprint density at radius 3 is 2.37 bits per heavy atom. The number of hydrogen-bond acceptors (Lipinski definition) is 5. The zero-order chi connectivity index (χ0) is 25.1. The van der Waals surface area contributed by atoms with Crippen LogP contribution in [0.3, 0.4) is 0 Å². The Labute approximate surface area is 209 Å². The van der Waals surface area contributed by atoms with Gasteiger partial charge in [0.15, 0.2) is 0 Å². The number of hydrogen-bond donors (Lipinski definition) is 0. The lowest BCUT2D eigenvalue weighted by atomic mass is 9.93. The Bertz CT molecular complexity index is 1130. The predicted molar refractivity (Wildman–Crippen MR) is 138 cm³/mol. The number of amides is 1. The van der Waals surface area contributed by atoms with Crippen molar-refractivity contribution in [1.29, 1.82) is 0 Å². The second kappa shape index (κ2) is 10.7. The topological polar surface area (TPSA) is 62.2 Å². The molecule has 1 fully saturated rings. The quantitative estimate of drug-likeness (QED) is 0.559. The smallest absolute Gasteiger partial charge is 0.309 e. The normalized spacial score (nSPS) is 19.1. The molecule has 1 atom stereocenters. The molecule has 6 nitrogen and oxygen atoms in total. The molecule has 0 aromatic heterocycles. The van der Waals surface area contributed by atoms with Gasteiger partial charge in [-0.1, -0.05) is 35.9 Å². The molecule has 0 unspecified atom stereocenters. The van der Waals surface area contributed by atoms with E-state index in [1.165, 1.54) is 22.3 Å². The summed E-state index contributed by atoms with van der Waals surface area (Å²) in [5.74, 6) is -0.176. The summed E-state index contributed by atoms with van der Waals surface area (Å²) in [6.45, 7) is 12.4. The fourth-order valence-corrected chi connectivity index (χ4v) is 5.05. The lowest BCUT2D eigenvalue weighted by Gasteiger charge is -2.32. The monoisotopic (exact) mass is 475 g/mol. The summed E-state index contributed by atoms with van der Waals surface area (Å²) < 4.78 is 5.18. The summed E-state index contributed by atoms with van der Waals surface area (Å²) in [6, 6.07) is 12.7. The molecule has 4 rings (SSSR count). The number of hydrazone groups is 1. The molecule has 2 aliphatic rings. The Balaban J connectivity index is 1.54. The van der Waals surface area contributed by atoms with Crippen molar-refractivity contribution in [2.45, 2.75) is 59.9 Å². The van der Waals surface area contributed by atoms with E-state index < -0.39 is 0 Å². The van der Waals surface area contributed by atoms with Crippen molar-refractivity contribution in [3.8, 4) is 0 Å². The molecule has 35 heavy (non-hydrogen) atoms. The van der Waals surface area contributed by atoms with Gasteiger partial charge in [0, 0.05) is 6.42 Å². The van der Waals surface area contributed by atoms with E-state index in [-0.39, 0.29) is 23.8 Å². The zero-order valence-electron chi connectivity index (χ0n) is 21.6. The zero-order valence-corrected chi connectivity index (χ0v) is 21.6. The molecular weight excluding hydrogens is 438 g/mol. The first-order valence-electron chi connectivity index (χ1n) is 12.7. The SMILES string of the molecule is CCOC(=O)C1CCN(CC(=O)N2N=C(c3ccc(C)c(C)c3)C[C@@H]2c2cc(C)ccc2C)CC1. The van der Waals surface area contributed by atoms with E-state index >= 15 is 0 Å². The fourth-order valence-electron chi connectivity index (χ4n) is 5.05. The molecule has 0 aliphatic carbocycles. The molecule has 0 radical (unpaired) electrons. The molecule has 2 aromatic carbocycles. The van der Waals surface area contributed by atoms with E-state index in [9.17, 15) is 9.59 Å². The van der Waals surface area contributed by atoms with Gasteiger partial charge in [0.2, 0.25) is 0 Å². The Morgan fingerprint density at radius 2 is 1.69 bits per heavy atom. The van der Waals surface area contributed by atoms with E-state index in [1.807, 2.05) is 6.92 Å². The molecule has 186 valence electrons. The van der Waals surface area contributed by atoms with E-state index in [1.54, 1.807) is 5.01 Å². The van der Waals surface area contributed by atoms with Gasteiger partial charge in [-0.05, 0) is 94.4 Å². The minimum atomic E-state index is -0.115. The van der Waals surface area contributed by atoms with Gasteiger partial charge in [-0.2, -0.15) is 5.10 Å². The van der Waals surface area contributed by atoms with Gasteiger partial charge in [-0.15, -0.1) is 0 Å². The molecule has 0 saturated carbocycles. The third kappa shape index (κ3) is 5.64. The maximum absolute atomic E-state index is 13.6. The van der Waals surface area contributed by atoms with Crippen LogP contribution in [0, 0.1) is 33.6 Å². The number of likely N-dealkylation sites (tertiary alicyclic amines) is 1. The van der Waals surface area contributed by atoms with Crippen LogP contribution in [-0.4, -0.2) is 53.7 Å². The lowest BCUT2D eigenvalue weighted by Crippen LogP contribution is -2.43. The summed E-state index contributed by atoms with van der Waals surface area (Å²) in [5.41, 5.74) is 8.01. The van der Waals surface area contributed by atoms with Gasteiger partial charge in [-0.3, -0.25) is 14.5 Å². The highest BCUT2D eigenvalue weighted by Crippen LogP contribution is 2.35. The second-order valence-electron chi connectivity index (χ2n) is 9.97. The summed E-state index contributed by atoms with van der Waals surface area (Å²) in [6.07, 6.45) is 2.15. The number of ether oxygens (including phenoxy) is 1. The highest BCUT2D eigenvalue weighted by molar-refractivity contribution is 6.03. The second-order valence-corrected chi connectivity index (χ2v) is 9.97. The Kier molecular flexibility index (Phi) is 7.70. The fraction of sp³-hybridized carbons (Fsp3) is 0.483. The summed E-state index contributed by atoms with van der Waals surface area (Å²) in [4.78, 5) is 27.8. The number of aryl methyl sites for hydroxylation is 4. The van der Waals surface area contributed by atoms with Crippen LogP contribution in [0.25, 0.3) is 0 Å². The number of benzene rings is 2. The highest BCUT2D eigenvalue weighted by atomic mass is 16.5. The molecule has 2 heterocycles. The first-order valence-corrected chi connectivity index (χ1v) is 12.7. The van der Waals surface area contributed by atoms with Crippen LogP contribution >= 0.6 is 0 Å². The maximum Gasteiger partial charge on any atom is 0.309 e. The Morgan fingerprint density at radius 1 is 0.971 bits per heavy atom. The van der Waals surface area contributed by atoms with Crippen LogP contribution in [0.1, 0.15) is 65.6 Å². The van der Waals surface area contributed by atoms with Crippen molar-refractivity contribution in [2.24, 2.45) is 11.0 Å². The molecule has 2 aromatic rings. The van der Waals surface area contributed by atoms with Gasteiger partial charge in [-0.25, -0.2) is 5.01 Å². The largest absolute Gasteiger partial charge is 0.466 e. The van der Waals surface area contributed by atoms with Crippen molar-refractivity contribution >= 4 is 17.6 Å². The van der Waals surface area contributed by atoms with Crippen LogP contribution in [-0.2, 0) is 14.3 Å². The average Bonchev–Trinajstić information content (AvgIpc) is 3.28. The standard InChI is InChI=1S/C29H37N3O3/c1-6-35-29(34)23-11-13-31(14-12-23)18-28(33)32-27(25-15-19(2)7-8-21(25)4)17-26(30-32)24-10-9-20(3)22(5)16-24/h7-10,15-16,23,27H,6,11-14,17-18H2,1-5H3/t27-/m1/s1. The first-order chi connectivity index (χ1) is 16.8. The van der Waals surface area contributed by atoms with Crippen LogP contribution < -0.4 is 0 Å². The molecule has 1 amide bonds. The molecule has 6 heteroatoms. The number of carbonyl (C=O) groups excluding carboxylic acids is 2. The number of piperidine rings is 1. The van der Waals surface area contributed by atoms with Crippen molar-refractivity contribution in [2.75, 3.05) is 26.2 Å². The molecule has 1 saturated heterocycles. The number of rotatable bonds is 6. The van der Waals surface area contributed by atoms with Gasteiger partial charge >= 0.3 is 5.97 Å². The van der Waals surface area contributed by atoms with E-state index in [4.69, 9.17) is 9.84 Å². The van der Waals surface area contributed by atoms with Gasteiger partial charge < -0.3 is 4.74 Å². The first kappa shape index (κ1) is 25.1. The highest BCUT2D eigenvalue weighted by Gasteiger charge is 2.35. The van der Waals surface area contributed by atoms with Crippen molar-refractivity contribution in [3.63, 3.8) is 0 Å². The van der Waals surface area contributed by atoms with Gasteiger partial charge in [0.25, 0.3) is 5.91 Å². The molecule has 0 spiro atoms.